The Hall–Kier alpha value is -2.17. The molecule has 1 aromatic carbocycles. The number of esters is 1. The van der Waals surface area contributed by atoms with Crippen LogP contribution >= 0.6 is 0 Å². The van der Waals surface area contributed by atoms with Crippen molar-refractivity contribution in [1.29, 1.82) is 0 Å². The van der Waals surface area contributed by atoms with Crippen molar-refractivity contribution in [2.75, 3.05) is 7.11 Å². The lowest BCUT2D eigenvalue weighted by Gasteiger charge is -2.15. The molecule has 1 atom stereocenters. The Morgan fingerprint density at radius 2 is 2.28 bits per heavy atom. The van der Waals surface area contributed by atoms with Gasteiger partial charge in [-0.05, 0) is 18.9 Å². The molecule has 0 radical (unpaired) electrons. The molecule has 0 heterocycles. The second kappa shape index (κ2) is 5.95. The van der Waals surface area contributed by atoms with Crippen molar-refractivity contribution < 1.29 is 14.5 Å². The van der Waals surface area contributed by atoms with E-state index in [2.05, 4.69) is 6.58 Å². The van der Waals surface area contributed by atoms with Gasteiger partial charge in [-0.1, -0.05) is 18.2 Å². The highest BCUT2D eigenvalue weighted by molar-refractivity contribution is 5.79. The fraction of sp³-hybridized carbons (Fsp3) is 0.308. The van der Waals surface area contributed by atoms with Gasteiger partial charge in [0, 0.05) is 11.6 Å². The number of rotatable bonds is 5. The molecule has 0 aromatic heterocycles. The molecule has 1 unspecified atom stereocenters. The zero-order chi connectivity index (χ0) is 13.7. The summed E-state index contributed by atoms with van der Waals surface area (Å²) in [6.07, 6.45) is 1.98. The zero-order valence-corrected chi connectivity index (χ0v) is 10.4. The molecule has 0 saturated carbocycles. The van der Waals surface area contributed by atoms with E-state index in [4.69, 9.17) is 4.74 Å². The number of nitro groups is 1. The smallest absolute Gasteiger partial charge is 0.313 e. The summed E-state index contributed by atoms with van der Waals surface area (Å²) in [4.78, 5) is 22.1. The number of nitrogens with zero attached hydrogens (tertiary/aromatic N) is 1. The Bertz CT molecular complexity index is 482. The summed E-state index contributed by atoms with van der Waals surface area (Å²) in [5.41, 5.74) is 1.10. The van der Waals surface area contributed by atoms with E-state index in [1.54, 1.807) is 25.1 Å². The van der Waals surface area contributed by atoms with Crippen LogP contribution in [0, 0.1) is 17.0 Å². The van der Waals surface area contributed by atoms with Gasteiger partial charge < -0.3 is 4.74 Å². The van der Waals surface area contributed by atoms with Gasteiger partial charge in [-0.3, -0.25) is 14.9 Å². The normalized spacial score (nSPS) is 11.7. The molecule has 5 nitrogen and oxygen atoms in total. The lowest BCUT2D eigenvalue weighted by Crippen LogP contribution is -2.15. The van der Waals surface area contributed by atoms with Gasteiger partial charge in [-0.25, -0.2) is 0 Å². The number of benzene rings is 1. The van der Waals surface area contributed by atoms with Crippen LogP contribution in [-0.2, 0) is 9.53 Å². The van der Waals surface area contributed by atoms with Crippen molar-refractivity contribution >= 4 is 11.7 Å². The van der Waals surface area contributed by atoms with E-state index in [1.165, 1.54) is 13.2 Å². The first-order chi connectivity index (χ1) is 8.52. The molecule has 1 aromatic rings. The quantitative estimate of drug-likeness (QED) is 0.348. The summed E-state index contributed by atoms with van der Waals surface area (Å²) in [6.45, 7) is 5.22. The number of hydrogen-bond donors (Lipinski definition) is 0. The summed E-state index contributed by atoms with van der Waals surface area (Å²) < 4.78 is 4.72. The van der Waals surface area contributed by atoms with Crippen LogP contribution in [0.15, 0.2) is 30.9 Å². The predicted molar refractivity (Wildman–Crippen MR) is 67.4 cm³/mol. The fourth-order valence-electron chi connectivity index (χ4n) is 1.88. The van der Waals surface area contributed by atoms with E-state index < -0.39 is 16.8 Å². The number of ether oxygens (including phenoxy) is 1. The minimum atomic E-state index is -0.549. The molecule has 0 amide bonds. The Morgan fingerprint density at radius 1 is 1.61 bits per heavy atom. The van der Waals surface area contributed by atoms with Crippen LogP contribution in [0.5, 0.6) is 0 Å². The number of methoxy groups -OCH3 is 1. The molecular weight excluding hydrogens is 234 g/mol. The van der Waals surface area contributed by atoms with Gasteiger partial charge in [-0.15, -0.1) is 6.58 Å². The Balaban J connectivity index is 3.28. The van der Waals surface area contributed by atoms with E-state index in [1.807, 2.05) is 0 Å². The van der Waals surface area contributed by atoms with E-state index in [-0.39, 0.29) is 5.69 Å². The van der Waals surface area contributed by atoms with Crippen LogP contribution in [0.2, 0.25) is 0 Å². The van der Waals surface area contributed by atoms with Crippen molar-refractivity contribution in [2.45, 2.75) is 19.3 Å². The fourth-order valence-corrected chi connectivity index (χ4v) is 1.88. The molecule has 0 bridgehead atoms. The number of allylic oxidation sites excluding steroid dienone is 1. The first-order valence-corrected chi connectivity index (χ1v) is 5.45. The highest BCUT2D eigenvalue weighted by Gasteiger charge is 2.25. The summed E-state index contributed by atoms with van der Waals surface area (Å²) in [7, 11) is 1.30. The van der Waals surface area contributed by atoms with Crippen LogP contribution in [-0.4, -0.2) is 18.0 Å². The maximum atomic E-state index is 11.7. The van der Waals surface area contributed by atoms with E-state index in [0.29, 0.717) is 17.5 Å². The van der Waals surface area contributed by atoms with Crippen molar-refractivity contribution in [1.82, 2.24) is 0 Å². The molecule has 96 valence electrons. The van der Waals surface area contributed by atoms with E-state index in [0.717, 1.165) is 0 Å². The monoisotopic (exact) mass is 249 g/mol. The highest BCUT2D eigenvalue weighted by atomic mass is 16.6. The average molecular weight is 249 g/mol. The number of hydrogen-bond acceptors (Lipinski definition) is 4. The number of carbonyl (C=O) groups excluding carboxylic acids is 1. The summed E-state index contributed by atoms with van der Waals surface area (Å²) in [6, 6.07) is 4.69. The predicted octanol–water partition coefficient (Wildman–Crippen LogP) is 2.74. The van der Waals surface area contributed by atoms with Crippen molar-refractivity contribution in [3.63, 3.8) is 0 Å². The summed E-state index contributed by atoms with van der Waals surface area (Å²) in [5, 5.41) is 10.9. The lowest BCUT2D eigenvalue weighted by atomic mass is 9.91. The first-order valence-electron chi connectivity index (χ1n) is 5.45. The van der Waals surface area contributed by atoms with Crippen LogP contribution < -0.4 is 0 Å². The molecule has 0 fully saturated rings. The minimum Gasteiger partial charge on any atom is -0.469 e. The average Bonchev–Trinajstić information content (AvgIpc) is 2.35. The van der Waals surface area contributed by atoms with Crippen LogP contribution in [0.4, 0.5) is 5.69 Å². The maximum absolute atomic E-state index is 11.7. The van der Waals surface area contributed by atoms with Crippen molar-refractivity contribution in [2.24, 2.45) is 0 Å². The largest absolute Gasteiger partial charge is 0.469 e. The van der Waals surface area contributed by atoms with E-state index >= 15 is 0 Å². The summed E-state index contributed by atoms with van der Waals surface area (Å²) >= 11 is 0. The topological polar surface area (TPSA) is 69.4 Å². The highest BCUT2D eigenvalue weighted by Crippen LogP contribution is 2.30. The SMILES string of the molecule is C=CCC(C(=O)OC)c1cccc([N+](=O)[O-])c1C. The van der Waals surface area contributed by atoms with Crippen molar-refractivity contribution in [3.8, 4) is 0 Å². The van der Waals surface area contributed by atoms with Gasteiger partial charge in [0.05, 0.1) is 18.0 Å². The van der Waals surface area contributed by atoms with Crippen LogP contribution in [0.25, 0.3) is 0 Å². The molecule has 0 aliphatic rings. The molecule has 0 N–H and O–H groups in total. The lowest BCUT2D eigenvalue weighted by molar-refractivity contribution is -0.385. The number of carbonyl (C=O) groups is 1. The minimum absolute atomic E-state index is 0.00506. The molecule has 0 aliphatic heterocycles. The third-order valence-corrected chi connectivity index (χ3v) is 2.81. The Morgan fingerprint density at radius 3 is 2.78 bits per heavy atom. The third-order valence-electron chi connectivity index (χ3n) is 2.81. The Kier molecular flexibility index (Phi) is 4.59. The molecule has 0 saturated heterocycles. The van der Waals surface area contributed by atoms with Gasteiger partial charge in [-0.2, -0.15) is 0 Å². The van der Waals surface area contributed by atoms with Crippen LogP contribution in [0.3, 0.4) is 0 Å². The molecule has 18 heavy (non-hydrogen) atoms. The molecule has 1 rings (SSSR count). The summed E-state index contributed by atoms with van der Waals surface area (Å²) in [5.74, 6) is -0.967. The molecular formula is C13H15NO4. The standard InChI is InChI=1S/C13H15NO4/c1-4-6-11(13(15)18-3)10-7-5-8-12(9(10)2)14(16)17/h4-5,7-8,11H,1,6H2,2-3H3. The second-order valence-corrected chi connectivity index (χ2v) is 3.85. The second-order valence-electron chi connectivity index (χ2n) is 3.85. The van der Waals surface area contributed by atoms with Crippen molar-refractivity contribution in [3.05, 3.63) is 52.1 Å². The van der Waals surface area contributed by atoms with Crippen LogP contribution in [0.1, 0.15) is 23.5 Å². The van der Waals surface area contributed by atoms with Gasteiger partial charge in [0.1, 0.15) is 0 Å². The van der Waals surface area contributed by atoms with E-state index in [9.17, 15) is 14.9 Å². The van der Waals surface area contributed by atoms with Gasteiger partial charge in [0.15, 0.2) is 0 Å². The molecule has 0 aliphatic carbocycles. The van der Waals surface area contributed by atoms with Gasteiger partial charge in [0.2, 0.25) is 0 Å². The molecule has 0 spiro atoms. The van der Waals surface area contributed by atoms with Gasteiger partial charge >= 0.3 is 5.97 Å². The maximum Gasteiger partial charge on any atom is 0.313 e. The number of nitro benzene ring substituents is 1. The third kappa shape index (κ3) is 2.74. The molecule has 5 heteroatoms. The zero-order valence-electron chi connectivity index (χ0n) is 10.4. The Labute approximate surface area is 105 Å². The van der Waals surface area contributed by atoms with Gasteiger partial charge in [0.25, 0.3) is 5.69 Å². The first kappa shape index (κ1) is 13.9.